The van der Waals surface area contributed by atoms with E-state index in [9.17, 15) is 0 Å². The van der Waals surface area contributed by atoms with Gasteiger partial charge in [-0.3, -0.25) is 0 Å². The molecule has 0 unspecified atom stereocenters. The third-order valence-corrected chi connectivity index (χ3v) is 5.09. The second kappa shape index (κ2) is 10.5. The smallest absolute Gasteiger partial charge is 0.224 e. The van der Waals surface area contributed by atoms with Crippen molar-refractivity contribution in [3.05, 3.63) is 40.8 Å². The molecule has 0 atom stereocenters. The molecule has 0 bridgehead atoms. The van der Waals surface area contributed by atoms with Gasteiger partial charge in [0, 0.05) is 24.8 Å². The molecule has 0 N–H and O–H groups in total. The molecular weight excluding hydrogens is 378 g/mol. The molecule has 1 saturated heterocycles. The number of unbranched alkanes of at least 4 members (excludes halogenated alkanes) is 2. The lowest BCUT2D eigenvalue weighted by molar-refractivity contribution is 0.122. The second-order valence-corrected chi connectivity index (χ2v) is 7.17. The number of benzene rings is 1. The second-order valence-electron chi connectivity index (χ2n) is 6.84. The molecule has 0 radical (unpaired) electrons. The molecule has 2 heterocycles. The highest BCUT2D eigenvalue weighted by molar-refractivity contribution is 6.28. The Kier molecular flexibility index (Phi) is 7.74. The summed E-state index contributed by atoms with van der Waals surface area (Å²) in [5.41, 5.74) is 2.27. The molecule has 0 amide bonds. The van der Waals surface area contributed by atoms with Crippen LogP contribution in [0.5, 0.6) is 11.5 Å². The molecular formula is C21H28ClN3O3. The first kappa shape index (κ1) is 20.7. The number of methoxy groups -OCH3 is 2. The predicted molar refractivity (Wildman–Crippen MR) is 111 cm³/mol. The van der Waals surface area contributed by atoms with Gasteiger partial charge < -0.3 is 19.1 Å². The number of ether oxygens (including phenoxy) is 3. The van der Waals surface area contributed by atoms with Crippen molar-refractivity contribution in [1.29, 1.82) is 0 Å². The summed E-state index contributed by atoms with van der Waals surface area (Å²) in [5, 5.41) is 0.323. The highest BCUT2D eigenvalue weighted by Gasteiger charge is 2.14. The van der Waals surface area contributed by atoms with Gasteiger partial charge in [0.1, 0.15) is 5.82 Å². The van der Waals surface area contributed by atoms with Crippen LogP contribution in [-0.2, 0) is 17.6 Å². The molecule has 1 aliphatic rings. The van der Waals surface area contributed by atoms with Crippen molar-refractivity contribution in [2.75, 3.05) is 45.4 Å². The van der Waals surface area contributed by atoms with Gasteiger partial charge in [-0.25, -0.2) is 9.97 Å². The van der Waals surface area contributed by atoms with E-state index in [1.165, 1.54) is 5.56 Å². The van der Waals surface area contributed by atoms with Gasteiger partial charge in [0.25, 0.3) is 0 Å². The molecule has 0 saturated carbocycles. The number of morpholine rings is 1. The van der Waals surface area contributed by atoms with Crippen LogP contribution in [0.3, 0.4) is 0 Å². The van der Waals surface area contributed by atoms with Crippen molar-refractivity contribution in [1.82, 2.24) is 9.97 Å². The lowest BCUT2D eigenvalue weighted by Gasteiger charge is -2.28. The van der Waals surface area contributed by atoms with Gasteiger partial charge in [0.05, 0.1) is 27.4 Å². The van der Waals surface area contributed by atoms with E-state index in [-0.39, 0.29) is 0 Å². The van der Waals surface area contributed by atoms with Crippen LogP contribution in [0, 0.1) is 0 Å². The van der Waals surface area contributed by atoms with Crippen molar-refractivity contribution in [2.45, 2.75) is 32.1 Å². The largest absolute Gasteiger partial charge is 0.493 e. The normalized spacial score (nSPS) is 14.2. The fraction of sp³-hybridized carbons (Fsp3) is 0.524. The minimum absolute atomic E-state index is 0.323. The van der Waals surface area contributed by atoms with Crippen LogP contribution >= 0.6 is 11.6 Å². The molecule has 1 aromatic heterocycles. The zero-order valence-electron chi connectivity index (χ0n) is 16.6. The molecule has 152 valence electrons. The fourth-order valence-corrected chi connectivity index (χ4v) is 3.58. The standard InChI is InChI=1S/C21H28ClN3O3/c1-26-18-9-8-16(14-19(18)27-2)6-4-3-5-7-17-15-20(24-21(22)23-17)25-10-12-28-13-11-25/h8-9,14-15H,3-7,10-13H2,1-2H3. The molecule has 1 aromatic carbocycles. The number of anilines is 1. The van der Waals surface area contributed by atoms with E-state index in [1.54, 1.807) is 14.2 Å². The van der Waals surface area contributed by atoms with Gasteiger partial charge in [-0.15, -0.1) is 0 Å². The molecule has 0 aliphatic carbocycles. The summed E-state index contributed by atoms with van der Waals surface area (Å²) in [6.07, 6.45) is 5.24. The number of rotatable bonds is 9. The van der Waals surface area contributed by atoms with E-state index in [0.29, 0.717) is 5.28 Å². The highest BCUT2D eigenvalue weighted by atomic mass is 35.5. The zero-order chi connectivity index (χ0) is 19.8. The maximum atomic E-state index is 6.14. The van der Waals surface area contributed by atoms with Gasteiger partial charge in [-0.05, 0) is 55.0 Å². The summed E-state index contributed by atoms with van der Waals surface area (Å²) in [6, 6.07) is 8.17. The van der Waals surface area contributed by atoms with Gasteiger partial charge in [0.2, 0.25) is 5.28 Å². The SMILES string of the molecule is COc1ccc(CCCCCc2cc(N3CCOCC3)nc(Cl)n2)cc1OC. The van der Waals surface area contributed by atoms with Crippen LogP contribution in [0.25, 0.3) is 0 Å². The maximum absolute atomic E-state index is 6.14. The van der Waals surface area contributed by atoms with Crippen LogP contribution in [0.4, 0.5) is 5.82 Å². The molecule has 7 heteroatoms. The Balaban J connectivity index is 1.47. The number of hydrogen-bond donors (Lipinski definition) is 0. The van der Waals surface area contributed by atoms with Crippen LogP contribution in [-0.4, -0.2) is 50.5 Å². The Hall–Kier alpha value is -2.05. The molecule has 2 aromatic rings. The highest BCUT2D eigenvalue weighted by Crippen LogP contribution is 2.28. The summed E-state index contributed by atoms with van der Waals surface area (Å²) in [4.78, 5) is 11.0. The average Bonchev–Trinajstić information content (AvgIpc) is 2.73. The van der Waals surface area contributed by atoms with Crippen molar-refractivity contribution in [3.8, 4) is 11.5 Å². The number of nitrogens with zero attached hydrogens (tertiary/aromatic N) is 3. The summed E-state index contributed by atoms with van der Waals surface area (Å²) >= 11 is 6.14. The van der Waals surface area contributed by atoms with E-state index in [4.69, 9.17) is 25.8 Å². The van der Waals surface area contributed by atoms with Crippen LogP contribution < -0.4 is 14.4 Å². The van der Waals surface area contributed by atoms with Gasteiger partial charge in [-0.2, -0.15) is 0 Å². The molecule has 6 nitrogen and oxygen atoms in total. The predicted octanol–water partition coefficient (Wildman–Crippen LogP) is 3.94. The molecule has 1 fully saturated rings. The van der Waals surface area contributed by atoms with Crippen molar-refractivity contribution >= 4 is 17.4 Å². The van der Waals surface area contributed by atoms with E-state index >= 15 is 0 Å². The minimum Gasteiger partial charge on any atom is -0.493 e. The summed E-state index contributed by atoms with van der Waals surface area (Å²) in [6.45, 7) is 3.15. The number of aryl methyl sites for hydroxylation is 2. The molecule has 1 aliphatic heterocycles. The van der Waals surface area contributed by atoms with Crippen LogP contribution in [0.1, 0.15) is 30.5 Å². The number of hydrogen-bond acceptors (Lipinski definition) is 6. The first-order chi connectivity index (χ1) is 13.7. The Bertz CT molecular complexity index is 767. The summed E-state index contributed by atoms with van der Waals surface area (Å²) in [7, 11) is 3.32. The zero-order valence-corrected chi connectivity index (χ0v) is 17.4. The number of halogens is 1. The quantitative estimate of drug-likeness (QED) is 0.465. The van der Waals surface area contributed by atoms with Gasteiger partial charge in [0.15, 0.2) is 11.5 Å². The van der Waals surface area contributed by atoms with E-state index in [0.717, 1.165) is 81.4 Å². The first-order valence-corrected chi connectivity index (χ1v) is 10.1. The third kappa shape index (κ3) is 5.72. The Morgan fingerprint density at radius 2 is 1.71 bits per heavy atom. The van der Waals surface area contributed by atoms with Crippen molar-refractivity contribution in [3.63, 3.8) is 0 Å². The Morgan fingerprint density at radius 3 is 2.46 bits per heavy atom. The van der Waals surface area contributed by atoms with E-state index in [1.807, 2.05) is 6.07 Å². The Labute approximate surface area is 171 Å². The van der Waals surface area contributed by atoms with Crippen molar-refractivity contribution in [2.24, 2.45) is 0 Å². The molecule has 28 heavy (non-hydrogen) atoms. The maximum Gasteiger partial charge on any atom is 0.224 e. The van der Waals surface area contributed by atoms with Gasteiger partial charge in [-0.1, -0.05) is 12.5 Å². The summed E-state index contributed by atoms with van der Waals surface area (Å²) in [5.74, 6) is 2.46. The third-order valence-electron chi connectivity index (χ3n) is 4.92. The van der Waals surface area contributed by atoms with Gasteiger partial charge >= 0.3 is 0 Å². The van der Waals surface area contributed by atoms with E-state index in [2.05, 4.69) is 33.1 Å². The first-order valence-electron chi connectivity index (χ1n) is 9.76. The monoisotopic (exact) mass is 405 g/mol. The Morgan fingerprint density at radius 1 is 0.964 bits per heavy atom. The van der Waals surface area contributed by atoms with Crippen molar-refractivity contribution < 1.29 is 14.2 Å². The van der Waals surface area contributed by atoms with E-state index < -0.39 is 0 Å². The molecule has 3 rings (SSSR count). The topological polar surface area (TPSA) is 56.7 Å². The summed E-state index contributed by atoms with van der Waals surface area (Å²) < 4.78 is 16.1. The van der Waals surface area contributed by atoms with Crippen LogP contribution in [0.15, 0.2) is 24.3 Å². The molecule has 0 spiro atoms. The van der Waals surface area contributed by atoms with Crippen LogP contribution in [0.2, 0.25) is 5.28 Å². The lowest BCUT2D eigenvalue weighted by Crippen LogP contribution is -2.36. The minimum atomic E-state index is 0.323. The number of aromatic nitrogens is 2. The average molecular weight is 406 g/mol. The lowest BCUT2D eigenvalue weighted by atomic mass is 10.0. The fourth-order valence-electron chi connectivity index (χ4n) is 3.38.